The summed E-state index contributed by atoms with van der Waals surface area (Å²) in [6.45, 7) is 0. The number of rotatable bonds is 5. The fourth-order valence-corrected chi connectivity index (χ4v) is 6.96. The second-order valence-corrected chi connectivity index (χ2v) is 12.1. The molecule has 0 aliphatic carbocycles. The van der Waals surface area contributed by atoms with Crippen molar-refractivity contribution in [2.24, 2.45) is 0 Å². The van der Waals surface area contributed by atoms with Gasteiger partial charge in [-0.25, -0.2) is 4.98 Å². The maximum atomic E-state index is 8.81. The minimum atomic E-state index is -0.433. The van der Waals surface area contributed by atoms with Gasteiger partial charge in [-0.2, -0.15) is 9.97 Å². The SMILES string of the molecule is [2H]c1c([2H])c([2H])c(-c2cccc3c2c2ccccc2n3-c2nc(-c3ccccc3)nc(-c3ccc4oc5cccc(-c6ccccc6)c5c4c3)n2)c([2H])c1[2H]. The zero-order valence-electron chi connectivity index (χ0n) is 31.5. The predicted molar refractivity (Wildman–Crippen MR) is 203 cm³/mol. The summed E-state index contributed by atoms with van der Waals surface area (Å²) in [5, 5.41) is 3.49. The number of para-hydroxylation sites is 1. The molecule has 0 aliphatic heterocycles. The summed E-state index contributed by atoms with van der Waals surface area (Å²) in [7, 11) is 0. The zero-order chi connectivity index (χ0) is 37.4. The van der Waals surface area contributed by atoms with E-state index in [4.69, 9.17) is 26.2 Å². The van der Waals surface area contributed by atoms with Crippen LogP contribution in [0.2, 0.25) is 0 Å². The van der Waals surface area contributed by atoms with Crippen LogP contribution in [0.1, 0.15) is 6.85 Å². The maximum Gasteiger partial charge on any atom is 0.238 e. The Morgan fingerprint density at radius 3 is 1.92 bits per heavy atom. The van der Waals surface area contributed by atoms with Gasteiger partial charge in [0.05, 0.1) is 17.9 Å². The molecule has 50 heavy (non-hydrogen) atoms. The highest BCUT2D eigenvalue weighted by Gasteiger charge is 2.21. The van der Waals surface area contributed by atoms with Gasteiger partial charge in [0.25, 0.3) is 0 Å². The minimum Gasteiger partial charge on any atom is -0.456 e. The normalized spacial score (nSPS) is 13.0. The van der Waals surface area contributed by atoms with E-state index in [0.717, 1.165) is 60.5 Å². The second-order valence-electron chi connectivity index (χ2n) is 12.1. The Morgan fingerprint density at radius 1 is 0.460 bits per heavy atom. The van der Waals surface area contributed by atoms with Gasteiger partial charge in [0.15, 0.2) is 11.6 Å². The van der Waals surface area contributed by atoms with Gasteiger partial charge >= 0.3 is 0 Å². The molecule has 0 N–H and O–H groups in total. The molecule has 3 heterocycles. The number of furan rings is 1. The molecule has 0 aliphatic rings. The number of benzene rings is 7. The average Bonchev–Trinajstić information content (AvgIpc) is 3.79. The molecular formula is C45H28N4O. The van der Waals surface area contributed by atoms with E-state index in [1.165, 1.54) is 0 Å². The van der Waals surface area contributed by atoms with Crippen LogP contribution in [0.5, 0.6) is 0 Å². The third-order valence-corrected chi connectivity index (χ3v) is 9.16. The quantitative estimate of drug-likeness (QED) is 0.187. The molecule has 0 saturated heterocycles. The van der Waals surface area contributed by atoms with Crippen molar-refractivity contribution in [2.75, 3.05) is 0 Å². The van der Waals surface area contributed by atoms with Crippen LogP contribution in [-0.2, 0) is 0 Å². The van der Waals surface area contributed by atoms with Crippen molar-refractivity contribution in [3.63, 3.8) is 0 Å². The van der Waals surface area contributed by atoms with Crippen molar-refractivity contribution in [1.29, 1.82) is 0 Å². The molecule has 10 aromatic rings. The predicted octanol–water partition coefficient (Wildman–Crippen LogP) is 11.5. The van der Waals surface area contributed by atoms with E-state index in [1.54, 1.807) is 6.07 Å². The Morgan fingerprint density at radius 2 is 1.12 bits per heavy atom. The maximum absolute atomic E-state index is 8.81. The fourth-order valence-electron chi connectivity index (χ4n) is 6.96. The summed E-state index contributed by atoms with van der Waals surface area (Å²) in [4.78, 5) is 15.3. The van der Waals surface area contributed by atoms with E-state index in [-0.39, 0.29) is 29.7 Å². The van der Waals surface area contributed by atoms with Gasteiger partial charge in [0.1, 0.15) is 11.2 Å². The van der Waals surface area contributed by atoms with Crippen molar-refractivity contribution in [3.05, 3.63) is 170 Å². The smallest absolute Gasteiger partial charge is 0.238 e. The van der Waals surface area contributed by atoms with Gasteiger partial charge in [0.2, 0.25) is 5.95 Å². The lowest BCUT2D eigenvalue weighted by atomic mass is 9.99. The highest BCUT2D eigenvalue weighted by atomic mass is 16.3. The lowest BCUT2D eigenvalue weighted by Gasteiger charge is -2.11. The van der Waals surface area contributed by atoms with Crippen LogP contribution < -0.4 is 0 Å². The molecule has 0 spiro atoms. The Hall–Kier alpha value is -6.85. The molecule has 3 aromatic heterocycles. The van der Waals surface area contributed by atoms with E-state index < -0.39 is 6.04 Å². The van der Waals surface area contributed by atoms with Crippen molar-refractivity contribution >= 4 is 43.7 Å². The molecule has 7 aromatic carbocycles. The zero-order valence-corrected chi connectivity index (χ0v) is 26.5. The largest absolute Gasteiger partial charge is 0.456 e. The molecule has 5 heteroatoms. The van der Waals surface area contributed by atoms with E-state index in [1.807, 2.05) is 114 Å². The van der Waals surface area contributed by atoms with Crippen LogP contribution in [0, 0.1) is 0 Å². The molecular weight excluding hydrogens is 613 g/mol. The summed E-state index contributed by atoms with van der Waals surface area (Å²) in [5.41, 5.74) is 7.44. The van der Waals surface area contributed by atoms with Gasteiger partial charge in [-0.1, -0.05) is 133 Å². The van der Waals surface area contributed by atoms with Gasteiger partial charge < -0.3 is 4.42 Å². The summed E-state index contributed by atoms with van der Waals surface area (Å²) in [5.74, 6) is 1.32. The van der Waals surface area contributed by atoms with Crippen LogP contribution in [-0.4, -0.2) is 19.5 Å². The van der Waals surface area contributed by atoms with Crippen molar-refractivity contribution in [3.8, 4) is 51.0 Å². The summed E-state index contributed by atoms with van der Waals surface area (Å²) < 4.78 is 50.9. The molecule has 5 nitrogen and oxygen atoms in total. The van der Waals surface area contributed by atoms with Gasteiger partial charge in [-0.15, -0.1) is 0 Å². The number of hydrogen-bond donors (Lipinski definition) is 0. The third kappa shape index (κ3) is 4.52. The summed E-state index contributed by atoms with van der Waals surface area (Å²) in [6, 6.07) is 43.7. The molecule has 0 atom stereocenters. The number of nitrogens with zero attached hydrogens (tertiary/aromatic N) is 4. The monoisotopic (exact) mass is 645 g/mol. The number of hydrogen-bond acceptors (Lipinski definition) is 4. The third-order valence-electron chi connectivity index (χ3n) is 9.16. The molecule has 0 unspecified atom stereocenters. The van der Waals surface area contributed by atoms with Gasteiger partial charge in [-0.3, -0.25) is 4.57 Å². The first kappa shape index (κ1) is 23.5. The highest BCUT2D eigenvalue weighted by Crippen LogP contribution is 2.40. The second kappa shape index (κ2) is 11.4. The number of aromatic nitrogens is 4. The Kier molecular flexibility index (Phi) is 5.35. The lowest BCUT2D eigenvalue weighted by Crippen LogP contribution is -2.06. The first-order chi connectivity index (χ1) is 26.9. The molecule has 234 valence electrons. The van der Waals surface area contributed by atoms with Crippen LogP contribution >= 0.6 is 0 Å². The minimum absolute atomic E-state index is 0.135. The Bertz CT molecular complexity index is 3130. The molecule has 10 rings (SSSR count). The molecule has 0 radical (unpaired) electrons. The Labute approximate surface area is 294 Å². The van der Waals surface area contributed by atoms with Crippen LogP contribution in [0.4, 0.5) is 0 Å². The van der Waals surface area contributed by atoms with Gasteiger partial charge in [0, 0.05) is 32.7 Å². The summed E-state index contributed by atoms with van der Waals surface area (Å²) in [6.07, 6.45) is 0. The Balaban J connectivity index is 1.25. The van der Waals surface area contributed by atoms with Crippen LogP contribution in [0.3, 0.4) is 0 Å². The van der Waals surface area contributed by atoms with Crippen molar-refractivity contribution in [1.82, 2.24) is 19.5 Å². The standard InChI is InChI=1S/C45H28N4O/c1-4-14-29(15-5-1)33-21-12-24-38-41(33)35-20-10-11-23-37(35)49(38)45-47-43(31-18-8-3-9-19-31)46-44(48-45)32-26-27-39-36(28-32)42-34(22-13-25-40(42)50-39)30-16-6-2-7-17-30/h1-28H/i1D,4D,5D,14D,15D. The van der Waals surface area contributed by atoms with E-state index in [2.05, 4.69) is 24.3 Å². The highest BCUT2D eigenvalue weighted by molar-refractivity contribution is 6.16. The lowest BCUT2D eigenvalue weighted by molar-refractivity contribution is 0.669. The average molecular weight is 646 g/mol. The first-order valence-corrected chi connectivity index (χ1v) is 16.3. The van der Waals surface area contributed by atoms with Crippen LogP contribution in [0.15, 0.2) is 174 Å². The van der Waals surface area contributed by atoms with E-state index >= 15 is 0 Å². The summed E-state index contributed by atoms with van der Waals surface area (Å²) >= 11 is 0. The number of fused-ring (bicyclic) bond motifs is 6. The molecule has 0 fully saturated rings. The van der Waals surface area contributed by atoms with Crippen molar-refractivity contribution < 1.29 is 11.3 Å². The topological polar surface area (TPSA) is 56.7 Å². The molecule has 0 bridgehead atoms. The molecule has 0 amide bonds. The van der Waals surface area contributed by atoms with Crippen LogP contribution in [0.25, 0.3) is 94.7 Å². The van der Waals surface area contributed by atoms with Gasteiger partial charge in [-0.05, 0) is 58.7 Å². The van der Waals surface area contributed by atoms with E-state index in [9.17, 15) is 0 Å². The van der Waals surface area contributed by atoms with Crippen molar-refractivity contribution in [2.45, 2.75) is 0 Å². The molecule has 0 saturated carbocycles. The van der Waals surface area contributed by atoms with E-state index in [0.29, 0.717) is 28.7 Å². The first-order valence-electron chi connectivity index (χ1n) is 18.8. The fraction of sp³-hybridized carbons (Fsp3) is 0.